The van der Waals surface area contributed by atoms with E-state index in [1.165, 1.54) is 11.1 Å². The molecule has 6 heteroatoms. The number of carbonyl (C=O) groups excluding carboxylic acids is 1. The number of nitrogens with one attached hydrogen (secondary N) is 1. The molecule has 0 spiro atoms. The van der Waals surface area contributed by atoms with Gasteiger partial charge < -0.3 is 16.0 Å². The molecule has 1 aromatic carbocycles. The number of piperidine rings is 1. The molecule has 1 heterocycles. The molecule has 3 N–H and O–H groups in total. The Kier molecular flexibility index (Phi) is 8.86. The number of hydrogen-bond acceptors (Lipinski definition) is 2. The van der Waals surface area contributed by atoms with E-state index in [2.05, 4.69) is 60.2 Å². The molecular formula is C20H33IN4O. The number of carbonyl (C=O) groups is 1. The maximum Gasteiger partial charge on any atom is 0.217 e. The van der Waals surface area contributed by atoms with Crippen LogP contribution >= 0.6 is 24.0 Å². The van der Waals surface area contributed by atoms with Crippen molar-refractivity contribution in [2.75, 3.05) is 26.7 Å². The number of amides is 1. The van der Waals surface area contributed by atoms with Gasteiger partial charge >= 0.3 is 0 Å². The van der Waals surface area contributed by atoms with Gasteiger partial charge in [0.1, 0.15) is 0 Å². The molecule has 1 atom stereocenters. The lowest BCUT2D eigenvalue weighted by Crippen LogP contribution is -2.49. The second-order valence-electron chi connectivity index (χ2n) is 7.72. The van der Waals surface area contributed by atoms with E-state index in [4.69, 9.17) is 5.73 Å². The number of benzene rings is 1. The maximum atomic E-state index is 11.2. The summed E-state index contributed by atoms with van der Waals surface area (Å²) in [5.41, 5.74) is 8.03. The van der Waals surface area contributed by atoms with Gasteiger partial charge in [-0.2, -0.15) is 0 Å². The number of guanidine groups is 1. The number of hydrogen-bond donors (Lipinski definition) is 2. The van der Waals surface area contributed by atoms with Gasteiger partial charge in [-0.1, -0.05) is 38.1 Å². The summed E-state index contributed by atoms with van der Waals surface area (Å²) < 4.78 is 0. The van der Waals surface area contributed by atoms with E-state index in [0.29, 0.717) is 12.3 Å². The topological polar surface area (TPSA) is 70.7 Å². The molecule has 0 bridgehead atoms. The van der Waals surface area contributed by atoms with Crippen molar-refractivity contribution in [2.24, 2.45) is 16.6 Å². The normalized spacial score (nSPS) is 18.2. The number of primary amides is 1. The summed E-state index contributed by atoms with van der Waals surface area (Å²) in [6.07, 6.45) is 2.59. The Bertz CT molecular complexity index is 630. The first-order chi connectivity index (χ1) is 11.8. The molecule has 1 fully saturated rings. The molecule has 0 radical (unpaired) electrons. The zero-order valence-corrected chi connectivity index (χ0v) is 18.7. The molecule has 1 amide bonds. The summed E-state index contributed by atoms with van der Waals surface area (Å²) in [5.74, 6) is 1.03. The summed E-state index contributed by atoms with van der Waals surface area (Å²) in [6.45, 7) is 9.28. The lowest BCUT2D eigenvalue weighted by molar-refractivity contribution is -0.119. The van der Waals surface area contributed by atoms with Crippen molar-refractivity contribution in [1.82, 2.24) is 10.2 Å². The lowest BCUT2D eigenvalue weighted by atomic mass is 9.82. The molecule has 1 aliphatic rings. The van der Waals surface area contributed by atoms with Crippen LogP contribution in [0.5, 0.6) is 0 Å². The molecule has 0 saturated carbocycles. The van der Waals surface area contributed by atoms with Crippen LogP contribution in [-0.2, 0) is 10.2 Å². The number of nitrogens with zero attached hydrogens (tertiary/aromatic N) is 2. The molecule has 0 aliphatic carbocycles. The first kappa shape index (κ1) is 22.7. The first-order valence-electron chi connectivity index (χ1n) is 9.13. The van der Waals surface area contributed by atoms with E-state index in [0.717, 1.165) is 38.4 Å². The second kappa shape index (κ2) is 10.1. The van der Waals surface area contributed by atoms with Gasteiger partial charge in [-0.25, -0.2) is 0 Å². The predicted molar refractivity (Wildman–Crippen MR) is 119 cm³/mol. The lowest BCUT2D eigenvalue weighted by Gasteiger charge is -2.36. The number of halogens is 1. The van der Waals surface area contributed by atoms with E-state index in [-0.39, 0.29) is 35.3 Å². The molecule has 146 valence electrons. The van der Waals surface area contributed by atoms with Crippen molar-refractivity contribution in [1.29, 1.82) is 0 Å². The van der Waals surface area contributed by atoms with Gasteiger partial charge in [0.05, 0.1) is 0 Å². The van der Waals surface area contributed by atoms with Crippen LogP contribution in [0.1, 0.15) is 44.2 Å². The zero-order chi connectivity index (χ0) is 18.4. The van der Waals surface area contributed by atoms with Gasteiger partial charge in [-0.05, 0) is 36.8 Å². The molecule has 26 heavy (non-hydrogen) atoms. The largest absolute Gasteiger partial charge is 0.370 e. The number of aryl methyl sites for hydroxylation is 1. The Labute approximate surface area is 174 Å². The van der Waals surface area contributed by atoms with Gasteiger partial charge in [-0.15, -0.1) is 24.0 Å². The van der Waals surface area contributed by atoms with Gasteiger partial charge in [0.25, 0.3) is 0 Å². The van der Waals surface area contributed by atoms with Crippen LogP contribution in [0.2, 0.25) is 0 Å². The summed E-state index contributed by atoms with van der Waals surface area (Å²) >= 11 is 0. The van der Waals surface area contributed by atoms with Crippen molar-refractivity contribution in [3.8, 4) is 0 Å². The van der Waals surface area contributed by atoms with E-state index in [1.54, 1.807) is 0 Å². The van der Waals surface area contributed by atoms with Gasteiger partial charge in [0.15, 0.2) is 5.96 Å². The maximum absolute atomic E-state index is 11.2. The van der Waals surface area contributed by atoms with E-state index >= 15 is 0 Å². The minimum atomic E-state index is -0.213. The van der Waals surface area contributed by atoms with Crippen LogP contribution in [0, 0.1) is 12.8 Å². The minimum Gasteiger partial charge on any atom is -0.370 e. The minimum absolute atomic E-state index is 0. The summed E-state index contributed by atoms with van der Waals surface area (Å²) in [5, 5.41) is 3.54. The Morgan fingerprint density at radius 1 is 1.38 bits per heavy atom. The van der Waals surface area contributed by atoms with Crippen molar-refractivity contribution in [3.05, 3.63) is 35.4 Å². The Balaban J connectivity index is 0.00000338. The smallest absolute Gasteiger partial charge is 0.217 e. The van der Waals surface area contributed by atoms with Crippen LogP contribution in [0.25, 0.3) is 0 Å². The molecule has 1 unspecified atom stereocenters. The fraction of sp³-hybridized carbons (Fsp3) is 0.600. The summed E-state index contributed by atoms with van der Waals surface area (Å²) in [7, 11) is 1.82. The molecular weight excluding hydrogens is 439 g/mol. The Morgan fingerprint density at radius 2 is 2.08 bits per heavy atom. The van der Waals surface area contributed by atoms with Gasteiger partial charge in [0.2, 0.25) is 5.91 Å². The fourth-order valence-corrected chi connectivity index (χ4v) is 3.77. The van der Waals surface area contributed by atoms with Crippen molar-refractivity contribution < 1.29 is 4.79 Å². The Hall–Kier alpha value is -1.31. The summed E-state index contributed by atoms with van der Waals surface area (Å²) in [4.78, 5) is 17.9. The van der Waals surface area contributed by atoms with Gasteiger partial charge in [-0.3, -0.25) is 9.79 Å². The van der Waals surface area contributed by atoms with Crippen molar-refractivity contribution in [2.45, 2.75) is 45.4 Å². The number of likely N-dealkylation sites (tertiary alicyclic amines) is 1. The third kappa shape index (κ3) is 6.14. The highest BCUT2D eigenvalue weighted by Crippen LogP contribution is 2.25. The van der Waals surface area contributed by atoms with Crippen LogP contribution in [-0.4, -0.2) is 43.4 Å². The summed E-state index contributed by atoms with van der Waals surface area (Å²) in [6, 6.07) is 8.53. The van der Waals surface area contributed by atoms with Gasteiger partial charge in [0, 0.05) is 38.5 Å². The fourth-order valence-electron chi connectivity index (χ4n) is 3.77. The Morgan fingerprint density at radius 3 is 2.69 bits per heavy atom. The number of aliphatic imine (C=N–C) groups is 1. The quantitative estimate of drug-likeness (QED) is 0.393. The molecule has 1 aliphatic heterocycles. The van der Waals surface area contributed by atoms with Crippen LogP contribution < -0.4 is 11.1 Å². The predicted octanol–water partition coefficient (Wildman–Crippen LogP) is 3.05. The standard InChI is InChI=1S/C20H32N4O.HI/c1-15-8-5-6-10-17(15)20(2,3)14-23-19(22-4)24-11-7-9-16(13-24)12-18(21)25;/h5-6,8,10,16H,7,9,11-14H2,1-4H3,(H2,21,25)(H,22,23);1H. The molecule has 2 rings (SSSR count). The highest BCUT2D eigenvalue weighted by Gasteiger charge is 2.26. The monoisotopic (exact) mass is 472 g/mol. The van der Waals surface area contributed by atoms with E-state index in [1.807, 2.05) is 7.05 Å². The van der Waals surface area contributed by atoms with E-state index in [9.17, 15) is 4.79 Å². The average Bonchev–Trinajstić information content (AvgIpc) is 2.55. The second-order valence-corrected chi connectivity index (χ2v) is 7.72. The molecule has 0 aromatic heterocycles. The molecule has 5 nitrogen and oxygen atoms in total. The first-order valence-corrected chi connectivity index (χ1v) is 9.13. The third-order valence-corrected chi connectivity index (χ3v) is 5.08. The highest BCUT2D eigenvalue weighted by atomic mass is 127. The average molecular weight is 472 g/mol. The zero-order valence-electron chi connectivity index (χ0n) is 16.4. The third-order valence-electron chi connectivity index (χ3n) is 5.08. The highest BCUT2D eigenvalue weighted by molar-refractivity contribution is 14.0. The number of rotatable bonds is 5. The van der Waals surface area contributed by atoms with Crippen molar-refractivity contribution in [3.63, 3.8) is 0 Å². The SMILES string of the molecule is CN=C(NCC(C)(C)c1ccccc1C)N1CCCC(CC(N)=O)C1.I. The van der Waals surface area contributed by atoms with Crippen LogP contribution in [0.15, 0.2) is 29.3 Å². The van der Waals surface area contributed by atoms with Crippen LogP contribution in [0.4, 0.5) is 0 Å². The molecule has 1 saturated heterocycles. The van der Waals surface area contributed by atoms with Crippen molar-refractivity contribution >= 4 is 35.8 Å². The molecule has 1 aromatic rings. The number of nitrogens with two attached hydrogens (primary N) is 1. The van der Waals surface area contributed by atoms with Crippen LogP contribution in [0.3, 0.4) is 0 Å². The van der Waals surface area contributed by atoms with E-state index < -0.39 is 0 Å².